The Morgan fingerprint density at radius 1 is 1.44 bits per heavy atom. The first kappa shape index (κ1) is 9.77. The standard InChI is InChI=1S/C10H14N4O2/c15-14(16)10-5-11-13(6-10)9-3-7-1-2-8(4-9)12-7/h5-9,12H,1-4H2/t7-,8+,9?. The van der Waals surface area contributed by atoms with Gasteiger partial charge in [0, 0.05) is 12.1 Å². The second kappa shape index (κ2) is 3.55. The molecule has 1 unspecified atom stereocenters. The molecule has 3 atom stereocenters. The van der Waals surface area contributed by atoms with Gasteiger partial charge < -0.3 is 5.32 Å². The van der Waals surface area contributed by atoms with E-state index in [1.165, 1.54) is 19.0 Å². The van der Waals surface area contributed by atoms with Crippen LogP contribution in [0.5, 0.6) is 0 Å². The number of hydrogen-bond acceptors (Lipinski definition) is 4. The zero-order valence-corrected chi connectivity index (χ0v) is 8.87. The van der Waals surface area contributed by atoms with E-state index in [-0.39, 0.29) is 10.6 Å². The molecule has 3 heterocycles. The van der Waals surface area contributed by atoms with Gasteiger partial charge in [-0.15, -0.1) is 0 Å². The van der Waals surface area contributed by atoms with Crippen molar-refractivity contribution in [3.8, 4) is 0 Å². The van der Waals surface area contributed by atoms with E-state index in [1.807, 2.05) is 0 Å². The van der Waals surface area contributed by atoms with Gasteiger partial charge in [0.1, 0.15) is 12.4 Å². The van der Waals surface area contributed by atoms with Crippen LogP contribution < -0.4 is 5.32 Å². The Morgan fingerprint density at radius 3 is 2.69 bits per heavy atom. The Kier molecular flexibility index (Phi) is 2.17. The van der Waals surface area contributed by atoms with Crippen molar-refractivity contribution in [3.05, 3.63) is 22.5 Å². The maximum atomic E-state index is 10.6. The SMILES string of the molecule is O=[N+]([O-])c1cnn(C2C[C@H]3CC[C@@H](C2)N3)c1. The fourth-order valence-electron chi connectivity index (χ4n) is 2.87. The molecule has 1 aromatic heterocycles. The van der Waals surface area contributed by atoms with Crippen molar-refractivity contribution in [1.29, 1.82) is 0 Å². The van der Waals surface area contributed by atoms with E-state index < -0.39 is 0 Å². The molecule has 2 saturated heterocycles. The van der Waals surface area contributed by atoms with Crippen LogP contribution in [0.1, 0.15) is 31.7 Å². The number of nitro groups is 1. The predicted molar refractivity (Wildman–Crippen MR) is 57.1 cm³/mol. The number of hydrogen-bond donors (Lipinski definition) is 1. The molecule has 0 radical (unpaired) electrons. The predicted octanol–water partition coefficient (Wildman–Crippen LogP) is 1.25. The molecule has 1 aromatic rings. The van der Waals surface area contributed by atoms with Crippen LogP contribution in [-0.4, -0.2) is 26.8 Å². The second-order valence-electron chi connectivity index (χ2n) is 4.70. The van der Waals surface area contributed by atoms with E-state index in [1.54, 1.807) is 10.9 Å². The molecule has 86 valence electrons. The van der Waals surface area contributed by atoms with Gasteiger partial charge in [0.15, 0.2) is 0 Å². The molecule has 0 aromatic carbocycles. The highest BCUT2D eigenvalue weighted by atomic mass is 16.6. The van der Waals surface area contributed by atoms with Gasteiger partial charge in [-0.3, -0.25) is 14.8 Å². The molecule has 6 nitrogen and oxygen atoms in total. The van der Waals surface area contributed by atoms with Crippen molar-refractivity contribution in [2.24, 2.45) is 0 Å². The van der Waals surface area contributed by atoms with Crippen LogP contribution in [0.15, 0.2) is 12.4 Å². The Morgan fingerprint density at radius 2 is 2.12 bits per heavy atom. The first-order valence-electron chi connectivity index (χ1n) is 5.67. The average molecular weight is 222 g/mol. The molecule has 2 bridgehead atoms. The monoisotopic (exact) mass is 222 g/mol. The van der Waals surface area contributed by atoms with Gasteiger partial charge in [0.05, 0.1) is 11.0 Å². The summed E-state index contributed by atoms with van der Waals surface area (Å²) < 4.78 is 1.77. The van der Waals surface area contributed by atoms with Gasteiger partial charge >= 0.3 is 5.69 Å². The van der Waals surface area contributed by atoms with Crippen LogP contribution in [0.2, 0.25) is 0 Å². The van der Waals surface area contributed by atoms with Crippen molar-refractivity contribution in [3.63, 3.8) is 0 Å². The van der Waals surface area contributed by atoms with Gasteiger partial charge in [0.2, 0.25) is 0 Å². The minimum atomic E-state index is -0.390. The summed E-state index contributed by atoms with van der Waals surface area (Å²) in [6.45, 7) is 0. The van der Waals surface area contributed by atoms with Crippen LogP contribution >= 0.6 is 0 Å². The summed E-state index contributed by atoms with van der Waals surface area (Å²) in [4.78, 5) is 10.2. The van der Waals surface area contributed by atoms with Gasteiger partial charge in [-0.2, -0.15) is 5.10 Å². The number of fused-ring (bicyclic) bond motifs is 2. The highest BCUT2D eigenvalue weighted by Gasteiger charge is 2.34. The van der Waals surface area contributed by atoms with Gasteiger partial charge in [0.25, 0.3) is 0 Å². The summed E-state index contributed by atoms with van der Waals surface area (Å²) in [6, 6.07) is 1.48. The Hall–Kier alpha value is -1.43. The Bertz CT molecular complexity index is 405. The first-order valence-corrected chi connectivity index (χ1v) is 5.67. The summed E-state index contributed by atoms with van der Waals surface area (Å²) in [5.74, 6) is 0. The molecule has 1 N–H and O–H groups in total. The molecule has 0 aliphatic carbocycles. The van der Waals surface area contributed by atoms with Crippen molar-refractivity contribution >= 4 is 5.69 Å². The number of piperidine rings is 1. The second-order valence-corrected chi connectivity index (χ2v) is 4.70. The fourth-order valence-corrected chi connectivity index (χ4v) is 2.87. The molecular formula is C10H14N4O2. The molecule has 0 spiro atoms. The molecule has 16 heavy (non-hydrogen) atoms. The topological polar surface area (TPSA) is 73.0 Å². The fraction of sp³-hybridized carbons (Fsp3) is 0.700. The van der Waals surface area contributed by atoms with Gasteiger partial charge in [-0.25, -0.2) is 0 Å². The highest BCUT2D eigenvalue weighted by molar-refractivity contribution is 5.21. The van der Waals surface area contributed by atoms with Crippen molar-refractivity contribution in [2.45, 2.75) is 43.8 Å². The lowest BCUT2D eigenvalue weighted by atomic mass is 10.0. The maximum absolute atomic E-state index is 10.6. The summed E-state index contributed by atoms with van der Waals surface area (Å²) in [7, 11) is 0. The number of aromatic nitrogens is 2. The first-order chi connectivity index (χ1) is 7.72. The van der Waals surface area contributed by atoms with Crippen molar-refractivity contribution in [1.82, 2.24) is 15.1 Å². The van der Waals surface area contributed by atoms with Crippen LogP contribution in [0.25, 0.3) is 0 Å². The Labute approximate surface area is 92.8 Å². The van der Waals surface area contributed by atoms with E-state index in [9.17, 15) is 10.1 Å². The minimum Gasteiger partial charge on any atom is -0.311 e. The summed E-state index contributed by atoms with van der Waals surface area (Å²) in [5.41, 5.74) is 0.0888. The largest absolute Gasteiger partial charge is 0.311 e. The van der Waals surface area contributed by atoms with Gasteiger partial charge in [-0.05, 0) is 25.7 Å². The number of rotatable bonds is 2. The van der Waals surface area contributed by atoms with Crippen LogP contribution in [0, 0.1) is 10.1 Å². The zero-order chi connectivity index (χ0) is 11.1. The van der Waals surface area contributed by atoms with E-state index >= 15 is 0 Å². The smallest absolute Gasteiger partial charge is 0.307 e. The molecule has 2 aliphatic rings. The van der Waals surface area contributed by atoms with E-state index in [4.69, 9.17) is 0 Å². The quantitative estimate of drug-likeness (QED) is 0.603. The highest BCUT2D eigenvalue weighted by Crippen LogP contribution is 2.33. The lowest BCUT2D eigenvalue weighted by Gasteiger charge is -2.28. The number of nitrogens with one attached hydrogen (secondary N) is 1. The lowest BCUT2D eigenvalue weighted by molar-refractivity contribution is -0.385. The van der Waals surface area contributed by atoms with E-state index in [0.717, 1.165) is 12.8 Å². The van der Waals surface area contributed by atoms with Crippen molar-refractivity contribution < 1.29 is 4.92 Å². The Balaban J connectivity index is 1.79. The molecule has 2 aliphatic heterocycles. The summed E-state index contributed by atoms with van der Waals surface area (Å²) in [5, 5.41) is 18.2. The molecule has 6 heteroatoms. The molecule has 0 amide bonds. The maximum Gasteiger partial charge on any atom is 0.307 e. The molecule has 0 saturated carbocycles. The molecular weight excluding hydrogens is 208 g/mol. The van der Waals surface area contributed by atoms with Crippen molar-refractivity contribution in [2.75, 3.05) is 0 Å². The number of nitrogens with zero attached hydrogens (tertiary/aromatic N) is 3. The third kappa shape index (κ3) is 1.59. The van der Waals surface area contributed by atoms with Gasteiger partial charge in [-0.1, -0.05) is 0 Å². The third-order valence-corrected chi connectivity index (χ3v) is 3.62. The van der Waals surface area contributed by atoms with Crippen LogP contribution in [0.3, 0.4) is 0 Å². The molecule has 3 rings (SSSR count). The minimum absolute atomic E-state index is 0.0888. The van der Waals surface area contributed by atoms with Crippen LogP contribution in [0.4, 0.5) is 5.69 Å². The average Bonchev–Trinajstić information content (AvgIpc) is 2.85. The van der Waals surface area contributed by atoms with E-state index in [0.29, 0.717) is 18.1 Å². The lowest BCUT2D eigenvalue weighted by Crippen LogP contribution is -2.38. The molecule has 2 fully saturated rings. The third-order valence-electron chi connectivity index (χ3n) is 3.62. The summed E-state index contributed by atoms with van der Waals surface area (Å²) in [6.07, 6.45) is 7.42. The van der Waals surface area contributed by atoms with E-state index in [2.05, 4.69) is 10.4 Å². The zero-order valence-electron chi connectivity index (χ0n) is 8.87. The van der Waals surface area contributed by atoms with Crippen LogP contribution in [-0.2, 0) is 0 Å². The normalized spacial score (nSPS) is 32.9. The summed E-state index contributed by atoms with van der Waals surface area (Å²) >= 11 is 0.